The van der Waals surface area contributed by atoms with Crippen molar-refractivity contribution in [1.29, 1.82) is 0 Å². The standard InChI is InChI=1S/C21H22N2O3/c1-3-22(18-7-5-4-6-8-18)21(26)17-13-20(25)23(14-17)19-11-9-16(10-12-19)15(2)24/h4-12,17H,3,13-14H2,1-2H3. The van der Waals surface area contributed by atoms with Crippen molar-refractivity contribution in [3.63, 3.8) is 0 Å². The summed E-state index contributed by atoms with van der Waals surface area (Å²) in [5.74, 6) is -0.480. The van der Waals surface area contributed by atoms with Gasteiger partial charge in [-0.1, -0.05) is 18.2 Å². The first kappa shape index (κ1) is 17.9. The second-order valence-electron chi connectivity index (χ2n) is 6.43. The molecule has 2 aromatic carbocycles. The minimum absolute atomic E-state index is 0.0150. The molecule has 0 radical (unpaired) electrons. The zero-order valence-electron chi connectivity index (χ0n) is 15.0. The molecule has 5 nitrogen and oxygen atoms in total. The maximum atomic E-state index is 12.9. The SMILES string of the molecule is CCN(C(=O)C1CC(=O)N(c2ccc(C(C)=O)cc2)C1)c1ccccc1. The van der Waals surface area contributed by atoms with Crippen LogP contribution >= 0.6 is 0 Å². The van der Waals surface area contributed by atoms with Crippen LogP contribution < -0.4 is 9.80 Å². The summed E-state index contributed by atoms with van der Waals surface area (Å²) in [5.41, 5.74) is 2.17. The predicted molar refractivity (Wildman–Crippen MR) is 101 cm³/mol. The first-order chi connectivity index (χ1) is 12.5. The Labute approximate surface area is 153 Å². The molecule has 2 aromatic rings. The number of rotatable bonds is 5. The van der Waals surface area contributed by atoms with Gasteiger partial charge in [-0.05, 0) is 50.2 Å². The van der Waals surface area contributed by atoms with Crippen molar-refractivity contribution in [2.45, 2.75) is 20.3 Å². The summed E-state index contributed by atoms with van der Waals surface area (Å²) in [7, 11) is 0. The summed E-state index contributed by atoms with van der Waals surface area (Å²) in [6, 6.07) is 16.4. The van der Waals surface area contributed by atoms with Gasteiger partial charge in [0.2, 0.25) is 11.8 Å². The van der Waals surface area contributed by atoms with Crippen LogP contribution in [0.4, 0.5) is 11.4 Å². The summed E-state index contributed by atoms with van der Waals surface area (Å²) in [5, 5.41) is 0. The molecule has 1 aliphatic rings. The van der Waals surface area contributed by atoms with Crippen LogP contribution in [0.25, 0.3) is 0 Å². The van der Waals surface area contributed by atoms with E-state index in [1.54, 1.807) is 34.1 Å². The minimum atomic E-state index is -0.366. The number of carbonyl (C=O) groups is 3. The maximum absolute atomic E-state index is 12.9. The minimum Gasteiger partial charge on any atom is -0.312 e. The summed E-state index contributed by atoms with van der Waals surface area (Å²) in [6.45, 7) is 4.36. The molecule has 1 fully saturated rings. The van der Waals surface area contributed by atoms with Crippen molar-refractivity contribution in [3.8, 4) is 0 Å². The van der Waals surface area contributed by atoms with Gasteiger partial charge in [0.15, 0.2) is 5.78 Å². The lowest BCUT2D eigenvalue weighted by Crippen LogP contribution is -2.37. The van der Waals surface area contributed by atoms with Gasteiger partial charge in [-0.15, -0.1) is 0 Å². The molecule has 1 unspecified atom stereocenters. The molecule has 1 aliphatic heterocycles. The van der Waals surface area contributed by atoms with Gasteiger partial charge in [0.1, 0.15) is 0 Å². The van der Waals surface area contributed by atoms with Crippen LogP contribution in [-0.4, -0.2) is 30.7 Å². The topological polar surface area (TPSA) is 57.7 Å². The van der Waals surface area contributed by atoms with Crippen LogP contribution in [0.5, 0.6) is 0 Å². The molecule has 0 aliphatic carbocycles. The summed E-state index contributed by atoms with van der Waals surface area (Å²) >= 11 is 0. The van der Waals surface area contributed by atoms with E-state index >= 15 is 0 Å². The van der Waals surface area contributed by atoms with Gasteiger partial charge in [-0.3, -0.25) is 14.4 Å². The first-order valence-corrected chi connectivity index (χ1v) is 8.79. The van der Waals surface area contributed by atoms with Crippen LogP contribution in [-0.2, 0) is 9.59 Å². The van der Waals surface area contributed by atoms with Crippen molar-refractivity contribution in [2.24, 2.45) is 5.92 Å². The lowest BCUT2D eigenvalue weighted by atomic mass is 10.1. The molecule has 0 bridgehead atoms. The van der Waals surface area contributed by atoms with E-state index in [1.165, 1.54) is 6.92 Å². The highest BCUT2D eigenvalue weighted by Crippen LogP contribution is 2.28. The van der Waals surface area contributed by atoms with Crippen molar-refractivity contribution >= 4 is 29.0 Å². The molecule has 0 saturated carbocycles. The predicted octanol–water partition coefficient (Wildman–Crippen LogP) is 3.30. The normalized spacial score (nSPS) is 16.6. The third-order valence-electron chi connectivity index (χ3n) is 4.71. The molecule has 0 aromatic heterocycles. The average molecular weight is 350 g/mol. The molecule has 134 valence electrons. The van der Waals surface area contributed by atoms with Gasteiger partial charge in [0, 0.05) is 36.4 Å². The van der Waals surface area contributed by atoms with Gasteiger partial charge in [-0.25, -0.2) is 0 Å². The number of hydrogen-bond donors (Lipinski definition) is 0. The van der Waals surface area contributed by atoms with Crippen LogP contribution in [0.2, 0.25) is 0 Å². The molecule has 5 heteroatoms. The zero-order valence-corrected chi connectivity index (χ0v) is 15.0. The van der Waals surface area contributed by atoms with Gasteiger partial charge < -0.3 is 9.80 Å². The van der Waals surface area contributed by atoms with Crippen molar-refractivity contribution in [1.82, 2.24) is 0 Å². The second-order valence-corrected chi connectivity index (χ2v) is 6.43. The molecule has 0 spiro atoms. The van der Waals surface area contributed by atoms with Gasteiger partial charge in [0.05, 0.1) is 5.92 Å². The molecular weight excluding hydrogens is 328 g/mol. The zero-order chi connectivity index (χ0) is 18.7. The Balaban J connectivity index is 1.76. The number of anilines is 2. The molecule has 0 N–H and O–H groups in total. The highest BCUT2D eigenvalue weighted by atomic mass is 16.2. The maximum Gasteiger partial charge on any atom is 0.232 e. The smallest absolute Gasteiger partial charge is 0.232 e. The van der Waals surface area contributed by atoms with E-state index in [2.05, 4.69) is 0 Å². The fraction of sp³-hybridized carbons (Fsp3) is 0.286. The van der Waals surface area contributed by atoms with E-state index < -0.39 is 0 Å². The van der Waals surface area contributed by atoms with Crippen molar-refractivity contribution in [3.05, 3.63) is 60.2 Å². The quantitative estimate of drug-likeness (QED) is 0.778. The number of nitrogens with zero attached hydrogens (tertiary/aromatic N) is 2. The van der Waals surface area contributed by atoms with Gasteiger partial charge >= 0.3 is 0 Å². The Morgan fingerprint density at radius 3 is 2.31 bits per heavy atom. The summed E-state index contributed by atoms with van der Waals surface area (Å²) in [4.78, 5) is 40.1. The number of para-hydroxylation sites is 1. The van der Waals surface area contributed by atoms with E-state index in [9.17, 15) is 14.4 Å². The number of Topliss-reactive ketones (excluding diaryl/α,β-unsaturated/α-hetero) is 1. The van der Waals surface area contributed by atoms with E-state index in [0.29, 0.717) is 18.7 Å². The number of hydrogen-bond acceptors (Lipinski definition) is 3. The van der Waals surface area contributed by atoms with E-state index in [4.69, 9.17) is 0 Å². The highest BCUT2D eigenvalue weighted by Gasteiger charge is 2.37. The summed E-state index contributed by atoms with van der Waals surface area (Å²) in [6.07, 6.45) is 0.205. The molecule has 2 amide bonds. The van der Waals surface area contributed by atoms with Crippen molar-refractivity contribution in [2.75, 3.05) is 22.9 Å². The third kappa shape index (κ3) is 3.52. The largest absolute Gasteiger partial charge is 0.312 e. The number of benzene rings is 2. The second kappa shape index (κ2) is 7.52. The Morgan fingerprint density at radius 2 is 1.73 bits per heavy atom. The van der Waals surface area contributed by atoms with E-state index in [1.807, 2.05) is 37.3 Å². The Hall–Kier alpha value is -2.95. The third-order valence-corrected chi connectivity index (χ3v) is 4.71. The first-order valence-electron chi connectivity index (χ1n) is 8.79. The molecule has 26 heavy (non-hydrogen) atoms. The molecule has 3 rings (SSSR count). The molecule has 1 saturated heterocycles. The number of amides is 2. The monoisotopic (exact) mass is 350 g/mol. The van der Waals surface area contributed by atoms with Crippen LogP contribution in [0, 0.1) is 5.92 Å². The Bertz CT molecular complexity index is 815. The number of ketones is 1. The summed E-state index contributed by atoms with van der Waals surface area (Å²) < 4.78 is 0. The molecule has 1 atom stereocenters. The fourth-order valence-electron chi connectivity index (χ4n) is 3.29. The lowest BCUT2D eigenvalue weighted by molar-refractivity contribution is -0.124. The van der Waals surface area contributed by atoms with Crippen LogP contribution in [0.15, 0.2) is 54.6 Å². The van der Waals surface area contributed by atoms with Gasteiger partial charge in [0.25, 0.3) is 0 Å². The van der Waals surface area contributed by atoms with E-state index in [-0.39, 0.29) is 29.9 Å². The molecular formula is C21H22N2O3. The van der Waals surface area contributed by atoms with Gasteiger partial charge in [-0.2, -0.15) is 0 Å². The lowest BCUT2D eigenvalue weighted by Gasteiger charge is -2.24. The fourth-order valence-corrected chi connectivity index (χ4v) is 3.29. The Morgan fingerprint density at radius 1 is 1.08 bits per heavy atom. The van der Waals surface area contributed by atoms with Crippen LogP contribution in [0.3, 0.4) is 0 Å². The molecule has 1 heterocycles. The van der Waals surface area contributed by atoms with Crippen LogP contribution in [0.1, 0.15) is 30.6 Å². The highest BCUT2D eigenvalue weighted by molar-refractivity contribution is 6.04. The average Bonchev–Trinajstić information content (AvgIpc) is 3.05. The van der Waals surface area contributed by atoms with E-state index in [0.717, 1.165) is 11.4 Å². The number of carbonyl (C=O) groups excluding carboxylic acids is 3. The van der Waals surface area contributed by atoms with Crippen molar-refractivity contribution < 1.29 is 14.4 Å². The Kier molecular flexibility index (Phi) is 5.16.